The van der Waals surface area contributed by atoms with Gasteiger partial charge >= 0.3 is 12.1 Å². The van der Waals surface area contributed by atoms with Gasteiger partial charge in [-0.25, -0.2) is 4.79 Å². The summed E-state index contributed by atoms with van der Waals surface area (Å²) in [6, 6.07) is 3.83. The van der Waals surface area contributed by atoms with E-state index in [2.05, 4.69) is 4.98 Å². The third-order valence-electron chi connectivity index (χ3n) is 4.66. The van der Waals surface area contributed by atoms with Gasteiger partial charge in [0, 0.05) is 24.9 Å². The first-order valence-electron chi connectivity index (χ1n) is 8.37. The van der Waals surface area contributed by atoms with Gasteiger partial charge in [-0.2, -0.15) is 13.2 Å². The van der Waals surface area contributed by atoms with E-state index >= 15 is 0 Å². The monoisotopic (exact) mass is 374 g/mol. The first-order valence-corrected chi connectivity index (χ1v) is 8.37. The van der Waals surface area contributed by atoms with Crippen molar-refractivity contribution in [2.45, 2.75) is 50.4 Å². The summed E-state index contributed by atoms with van der Waals surface area (Å²) < 4.78 is 31.7. The Balaban J connectivity index is 0.000000298. The molecule has 1 amide bonds. The molecule has 0 bridgehead atoms. The van der Waals surface area contributed by atoms with Gasteiger partial charge in [-0.05, 0) is 37.3 Å². The zero-order chi connectivity index (χ0) is 19.3. The maximum absolute atomic E-state index is 12.4. The average molecular weight is 374 g/mol. The van der Waals surface area contributed by atoms with Crippen LogP contribution in [0, 0.1) is 5.92 Å². The van der Waals surface area contributed by atoms with Crippen LogP contribution >= 0.6 is 0 Å². The molecule has 2 N–H and O–H groups in total. The van der Waals surface area contributed by atoms with Crippen molar-refractivity contribution >= 4 is 11.9 Å². The Morgan fingerprint density at radius 3 is 2.38 bits per heavy atom. The number of amides is 1. The van der Waals surface area contributed by atoms with Gasteiger partial charge in [-0.3, -0.25) is 9.78 Å². The van der Waals surface area contributed by atoms with Crippen LogP contribution in [0.25, 0.3) is 0 Å². The molecule has 1 aliphatic heterocycles. The highest BCUT2D eigenvalue weighted by atomic mass is 19.4. The Morgan fingerprint density at radius 1 is 1.27 bits per heavy atom. The van der Waals surface area contributed by atoms with Gasteiger partial charge < -0.3 is 15.1 Å². The van der Waals surface area contributed by atoms with Crippen LogP contribution in [0.3, 0.4) is 0 Å². The largest absolute Gasteiger partial charge is 0.490 e. The van der Waals surface area contributed by atoms with Gasteiger partial charge in [0.05, 0.1) is 12.1 Å². The van der Waals surface area contributed by atoms with Crippen molar-refractivity contribution < 1.29 is 33.0 Å². The van der Waals surface area contributed by atoms with Gasteiger partial charge in [0.2, 0.25) is 5.91 Å². The van der Waals surface area contributed by atoms with E-state index in [4.69, 9.17) is 9.90 Å². The third-order valence-corrected chi connectivity index (χ3v) is 4.66. The van der Waals surface area contributed by atoms with E-state index in [0.717, 1.165) is 18.4 Å². The standard InChI is InChI=1S/C15H20N2O2.C2HF3O2/c18-14-6-8-17(15(19)12-4-1-5-12)13(14)9-11-3-2-7-16-10-11;3-2(4,5)1(6)7/h2-3,7,10,12-14,18H,1,4-6,8-9H2;(H,6,7)/t13-,14-;/m0./s1. The third kappa shape index (κ3) is 5.17. The van der Waals surface area contributed by atoms with Crippen molar-refractivity contribution in [1.29, 1.82) is 0 Å². The lowest BCUT2D eigenvalue weighted by Crippen LogP contribution is -2.45. The number of hydrogen-bond donors (Lipinski definition) is 2. The molecule has 0 unspecified atom stereocenters. The summed E-state index contributed by atoms with van der Waals surface area (Å²) in [6.45, 7) is 0.696. The van der Waals surface area contributed by atoms with E-state index < -0.39 is 18.2 Å². The molecular weight excluding hydrogens is 353 g/mol. The number of alkyl halides is 3. The van der Waals surface area contributed by atoms with Crippen LogP contribution in [0.5, 0.6) is 0 Å². The number of pyridine rings is 1. The number of halogens is 3. The fourth-order valence-electron chi connectivity index (χ4n) is 3.01. The Hall–Kier alpha value is -2.16. The zero-order valence-corrected chi connectivity index (χ0v) is 14.0. The summed E-state index contributed by atoms with van der Waals surface area (Å²) in [4.78, 5) is 27.3. The molecule has 2 heterocycles. The predicted octanol–water partition coefficient (Wildman–Crippen LogP) is 2.02. The van der Waals surface area contributed by atoms with Gasteiger partial charge in [0.25, 0.3) is 0 Å². The lowest BCUT2D eigenvalue weighted by molar-refractivity contribution is -0.192. The number of hydrogen-bond acceptors (Lipinski definition) is 4. The zero-order valence-electron chi connectivity index (χ0n) is 14.0. The van der Waals surface area contributed by atoms with E-state index in [9.17, 15) is 23.1 Å². The lowest BCUT2D eigenvalue weighted by atomic mass is 9.84. The minimum atomic E-state index is -5.08. The van der Waals surface area contributed by atoms with Crippen molar-refractivity contribution in [2.75, 3.05) is 6.54 Å². The minimum Gasteiger partial charge on any atom is -0.475 e. The summed E-state index contributed by atoms with van der Waals surface area (Å²) in [6.07, 6.45) is 2.68. The van der Waals surface area contributed by atoms with Gasteiger partial charge in [-0.15, -0.1) is 0 Å². The van der Waals surface area contributed by atoms with Crippen molar-refractivity contribution in [2.24, 2.45) is 5.92 Å². The van der Waals surface area contributed by atoms with Crippen LogP contribution in [0.15, 0.2) is 24.5 Å². The molecule has 1 aromatic heterocycles. The number of carbonyl (C=O) groups excluding carboxylic acids is 1. The van der Waals surface area contributed by atoms with Gasteiger partial charge in [0.15, 0.2) is 0 Å². The van der Waals surface area contributed by atoms with Crippen LogP contribution in [0.4, 0.5) is 13.2 Å². The molecule has 3 rings (SSSR count). The second kappa shape index (κ2) is 8.48. The lowest BCUT2D eigenvalue weighted by Gasteiger charge is -2.33. The topological polar surface area (TPSA) is 90.7 Å². The van der Waals surface area contributed by atoms with Crippen molar-refractivity contribution in [3.05, 3.63) is 30.1 Å². The molecular formula is C17H21F3N2O4. The number of carboxylic acids is 1. The number of aliphatic hydroxyl groups is 1. The first kappa shape index (κ1) is 20.2. The highest BCUT2D eigenvalue weighted by molar-refractivity contribution is 5.80. The molecule has 1 saturated carbocycles. The first-order chi connectivity index (χ1) is 12.2. The smallest absolute Gasteiger partial charge is 0.475 e. The predicted molar refractivity (Wildman–Crippen MR) is 85.1 cm³/mol. The van der Waals surface area contributed by atoms with Crippen LogP contribution < -0.4 is 0 Å². The minimum absolute atomic E-state index is 0.0719. The Morgan fingerprint density at radius 2 is 1.92 bits per heavy atom. The summed E-state index contributed by atoms with van der Waals surface area (Å²) in [5, 5.41) is 17.3. The number of aliphatic hydroxyl groups excluding tert-OH is 1. The van der Waals surface area contributed by atoms with E-state index in [1.807, 2.05) is 23.2 Å². The second-order valence-corrected chi connectivity index (χ2v) is 6.45. The van der Waals surface area contributed by atoms with Crippen LogP contribution in [-0.2, 0) is 16.0 Å². The maximum atomic E-state index is 12.4. The van der Waals surface area contributed by atoms with Crippen LogP contribution in [-0.4, -0.2) is 56.8 Å². The van der Waals surface area contributed by atoms with E-state index in [-0.39, 0.29) is 17.9 Å². The molecule has 9 heteroatoms. The Bertz CT molecular complexity index is 620. The second-order valence-electron chi connectivity index (χ2n) is 6.45. The van der Waals surface area contributed by atoms with E-state index in [0.29, 0.717) is 19.4 Å². The average Bonchev–Trinajstić information content (AvgIpc) is 2.87. The molecule has 2 aliphatic rings. The molecule has 0 radical (unpaired) electrons. The summed E-state index contributed by atoms with van der Waals surface area (Å²) in [5.41, 5.74) is 1.08. The number of carboxylic acid groups (broad SMARTS) is 1. The molecule has 26 heavy (non-hydrogen) atoms. The summed E-state index contributed by atoms with van der Waals surface area (Å²) >= 11 is 0. The molecule has 1 aromatic rings. The number of nitrogens with zero attached hydrogens (tertiary/aromatic N) is 2. The van der Waals surface area contributed by atoms with E-state index in [1.54, 1.807) is 6.20 Å². The number of aliphatic carboxylic acids is 1. The van der Waals surface area contributed by atoms with Crippen molar-refractivity contribution in [3.8, 4) is 0 Å². The fraction of sp³-hybridized carbons (Fsp3) is 0.588. The summed E-state index contributed by atoms with van der Waals surface area (Å²) in [7, 11) is 0. The number of carbonyl (C=O) groups is 2. The molecule has 6 nitrogen and oxygen atoms in total. The summed E-state index contributed by atoms with van der Waals surface area (Å²) in [5.74, 6) is -2.30. The van der Waals surface area contributed by atoms with Gasteiger partial charge in [-0.1, -0.05) is 12.5 Å². The highest BCUT2D eigenvalue weighted by Crippen LogP contribution is 2.32. The molecule has 1 saturated heterocycles. The highest BCUT2D eigenvalue weighted by Gasteiger charge is 2.40. The van der Waals surface area contributed by atoms with Crippen molar-refractivity contribution in [1.82, 2.24) is 9.88 Å². The molecule has 144 valence electrons. The van der Waals surface area contributed by atoms with Gasteiger partial charge in [0.1, 0.15) is 0 Å². The maximum Gasteiger partial charge on any atom is 0.490 e. The molecule has 0 aromatic carbocycles. The van der Waals surface area contributed by atoms with Crippen LogP contribution in [0.1, 0.15) is 31.2 Å². The SMILES string of the molecule is O=C(C1CCC1)N1CC[C@H](O)[C@@H]1Cc1cccnc1.O=C(O)C(F)(F)F. The quantitative estimate of drug-likeness (QED) is 0.845. The molecule has 0 spiro atoms. The van der Waals surface area contributed by atoms with E-state index in [1.165, 1.54) is 6.42 Å². The number of rotatable bonds is 3. The van der Waals surface area contributed by atoms with Crippen molar-refractivity contribution in [3.63, 3.8) is 0 Å². The number of aromatic nitrogens is 1. The fourth-order valence-corrected chi connectivity index (χ4v) is 3.01. The van der Waals surface area contributed by atoms with Crippen LogP contribution in [0.2, 0.25) is 0 Å². The molecule has 1 aliphatic carbocycles. The normalized spacial score (nSPS) is 23.0. The Labute approximate surface area is 148 Å². The molecule has 2 fully saturated rings. The molecule has 2 atom stereocenters. The number of likely N-dealkylation sites (tertiary alicyclic amines) is 1. The Kier molecular flexibility index (Phi) is 6.57.